The van der Waals surface area contributed by atoms with Gasteiger partial charge in [-0.25, -0.2) is 4.79 Å². The van der Waals surface area contributed by atoms with Gasteiger partial charge in [-0.1, -0.05) is 32.3 Å². The minimum atomic E-state index is -1.03. The van der Waals surface area contributed by atoms with E-state index in [0.717, 1.165) is 24.5 Å². The van der Waals surface area contributed by atoms with E-state index < -0.39 is 12.1 Å². The first kappa shape index (κ1) is 17.4. The number of ether oxygens (including phenoxy) is 1. The van der Waals surface area contributed by atoms with E-state index in [4.69, 9.17) is 9.84 Å². The van der Waals surface area contributed by atoms with E-state index in [1.54, 1.807) is 6.92 Å². The molecule has 0 bridgehead atoms. The monoisotopic (exact) mass is 268 g/mol. The number of rotatable bonds is 10. The zero-order chi connectivity index (χ0) is 14.7. The predicted octanol–water partition coefficient (Wildman–Crippen LogP) is 3.48. The quantitative estimate of drug-likeness (QED) is 0.285. The molecule has 0 aromatic carbocycles. The first-order chi connectivity index (χ1) is 9.02. The number of carboxylic acids is 1. The van der Waals surface area contributed by atoms with Gasteiger partial charge in [0, 0.05) is 6.08 Å². The van der Waals surface area contributed by atoms with E-state index in [-0.39, 0.29) is 0 Å². The molecule has 0 spiro atoms. The normalized spacial score (nSPS) is 14.1. The van der Waals surface area contributed by atoms with E-state index in [1.165, 1.54) is 19.3 Å². The molecule has 1 atom stereocenters. The molecule has 19 heavy (non-hydrogen) atoms. The van der Waals surface area contributed by atoms with Crippen LogP contribution >= 0.6 is 0 Å². The SMILES string of the molecule is CCCCCC/C=C(/C)C(OC=O)/C(C)=C/C(=O)O. The molecule has 0 amide bonds. The van der Waals surface area contributed by atoms with Gasteiger partial charge in [-0.15, -0.1) is 0 Å². The molecule has 0 saturated carbocycles. The number of hydrogen-bond donors (Lipinski definition) is 1. The van der Waals surface area contributed by atoms with Gasteiger partial charge in [0.15, 0.2) is 0 Å². The summed E-state index contributed by atoms with van der Waals surface area (Å²) >= 11 is 0. The molecule has 1 N–H and O–H groups in total. The second kappa shape index (κ2) is 10.4. The molecule has 0 aromatic rings. The molecule has 0 aliphatic carbocycles. The van der Waals surface area contributed by atoms with Gasteiger partial charge < -0.3 is 9.84 Å². The minimum Gasteiger partial charge on any atom is -0.478 e. The third-order valence-electron chi connectivity index (χ3n) is 2.89. The van der Waals surface area contributed by atoms with Crippen molar-refractivity contribution in [1.82, 2.24) is 0 Å². The first-order valence-corrected chi connectivity index (χ1v) is 6.69. The Morgan fingerprint density at radius 2 is 1.89 bits per heavy atom. The molecule has 0 aromatic heterocycles. The molecule has 4 heteroatoms. The molecule has 108 valence electrons. The highest BCUT2D eigenvalue weighted by Gasteiger charge is 2.14. The molecular formula is C15H24O4. The number of hydrogen-bond acceptors (Lipinski definition) is 3. The van der Waals surface area contributed by atoms with Crippen molar-refractivity contribution in [3.05, 3.63) is 23.3 Å². The van der Waals surface area contributed by atoms with E-state index in [9.17, 15) is 9.59 Å². The van der Waals surface area contributed by atoms with Crippen molar-refractivity contribution in [2.75, 3.05) is 0 Å². The molecule has 0 heterocycles. The van der Waals surface area contributed by atoms with Crippen molar-refractivity contribution in [1.29, 1.82) is 0 Å². The predicted molar refractivity (Wildman–Crippen MR) is 74.8 cm³/mol. The highest BCUT2D eigenvalue weighted by Crippen LogP contribution is 2.16. The number of unbranched alkanes of at least 4 members (excludes halogenated alkanes) is 4. The second-order valence-corrected chi connectivity index (χ2v) is 4.64. The van der Waals surface area contributed by atoms with Gasteiger partial charge in [0.25, 0.3) is 6.47 Å². The van der Waals surface area contributed by atoms with Crippen LogP contribution in [-0.2, 0) is 14.3 Å². The van der Waals surface area contributed by atoms with Gasteiger partial charge in [-0.05, 0) is 37.8 Å². The van der Waals surface area contributed by atoms with E-state index in [2.05, 4.69) is 6.92 Å². The maximum atomic E-state index is 10.6. The number of carbonyl (C=O) groups excluding carboxylic acids is 1. The molecule has 0 radical (unpaired) electrons. The Labute approximate surface area is 115 Å². The molecule has 0 aliphatic heterocycles. The average molecular weight is 268 g/mol. The average Bonchev–Trinajstić information content (AvgIpc) is 2.34. The summed E-state index contributed by atoms with van der Waals surface area (Å²) in [6, 6.07) is 0. The zero-order valence-electron chi connectivity index (χ0n) is 12.0. The summed E-state index contributed by atoms with van der Waals surface area (Å²) in [6.45, 7) is 6.03. The second-order valence-electron chi connectivity index (χ2n) is 4.64. The van der Waals surface area contributed by atoms with Gasteiger partial charge in [0.2, 0.25) is 0 Å². The number of allylic oxidation sites excluding steroid dienone is 1. The summed E-state index contributed by atoms with van der Waals surface area (Å²) in [5.74, 6) is -1.03. The van der Waals surface area contributed by atoms with Crippen molar-refractivity contribution in [3.63, 3.8) is 0 Å². The van der Waals surface area contributed by atoms with Gasteiger partial charge >= 0.3 is 5.97 Å². The standard InChI is InChI=1S/C15H24O4/c1-4-5-6-7-8-9-12(2)15(19-11-16)13(3)10-14(17)18/h9-11,15H,4-8H2,1-3H3,(H,17,18)/b12-9-,13-10+. The van der Waals surface area contributed by atoms with Crippen LogP contribution in [0.25, 0.3) is 0 Å². The lowest BCUT2D eigenvalue weighted by atomic mass is 10.0. The van der Waals surface area contributed by atoms with Gasteiger partial charge in [0.1, 0.15) is 6.10 Å². The summed E-state index contributed by atoms with van der Waals surface area (Å²) in [6.07, 6.45) is 8.14. The summed E-state index contributed by atoms with van der Waals surface area (Å²) in [4.78, 5) is 21.1. The Bertz CT molecular complexity index is 342. The van der Waals surface area contributed by atoms with Gasteiger partial charge in [0.05, 0.1) is 0 Å². The molecular weight excluding hydrogens is 244 g/mol. The number of carboxylic acid groups (broad SMARTS) is 1. The summed E-state index contributed by atoms with van der Waals surface area (Å²) < 4.78 is 4.96. The van der Waals surface area contributed by atoms with Crippen LogP contribution in [0.5, 0.6) is 0 Å². The summed E-state index contributed by atoms with van der Waals surface area (Å²) in [5, 5.41) is 8.72. The highest BCUT2D eigenvalue weighted by molar-refractivity contribution is 5.81. The van der Waals surface area contributed by atoms with Crippen molar-refractivity contribution in [3.8, 4) is 0 Å². The summed E-state index contributed by atoms with van der Waals surface area (Å²) in [5.41, 5.74) is 1.39. The Morgan fingerprint density at radius 3 is 2.42 bits per heavy atom. The first-order valence-electron chi connectivity index (χ1n) is 6.69. The molecule has 0 saturated heterocycles. The minimum absolute atomic E-state index is 0.359. The van der Waals surface area contributed by atoms with Gasteiger partial charge in [-0.3, -0.25) is 4.79 Å². The molecule has 0 rings (SSSR count). The van der Waals surface area contributed by atoms with Crippen LogP contribution < -0.4 is 0 Å². The van der Waals surface area contributed by atoms with Crippen molar-refractivity contribution in [2.45, 2.75) is 59.0 Å². The highest BCUT2D eigenvalue weighted by atomic mass is 16.5. The zero-order valence-corrected chi connectivity index (χ0v) is 12.0. The Hall–Kier alpha value is -1.58. The van der Waals surface area contributed by atoms with Crippen LogP contribution in [-0.4, -0.2) is 23.7 Å². The van der Waals surface area contributed by atoms with Crippen LogP contribution in [0.3, 0.4) is 0 Å². The fourth-order valence-corrected chi connectivity index (χ4v) is 1.91. The summed E-state index contributed by atoms with van der Waals surface area (Å²) in [7, 11) is 0. The third kappa shape index (κ3) is 8.19. The molecule has 1 unspecified atom stereocenters. The lowest BCUT2D eigenvalue weighted by molar-refractivity contribution is -0.133. The Kier molecular flexibility index (Phi) is 9.49. The molecule has 0 aliphatic rings. The maximum absolute atomic E-state index is 10.6. The largest absolute Gasteiger partial charge is 0.478 e. The lowest BCUT2D eigenvalue weighted by Gasteiger charge is -2.16. The van der Waals surface area contributed by atoms with E-state index >= 15 is 0 Å². The maximum Gasteiger partial charge on any atom is 0.328 e. The smallest absolute Gasteiger partial charge is 0.328 e. The Balaban J connectivity index is 4.55. The van der Waals surface area contributed by atoms with Crippen molar-refractivity contribution in [2.24, 2.45) is 0 Å². The van der Waals surface area contributed by atoms with Crippen LogP contribution in [0.1, 0.15) is 52.9 Å². The number of carbonyl (C=O) groups is 2. The van der Waals surface area contributed by atoms with Crippen LogP contribution in [0.15, 0.2) is 23.3 Å². The fraction of sp³-hybridized carbons (Fsp3) is 0.600. The van der Waals surface area contributed by atoms with Crippen LogP contribution in [0.4, 0.5) is 0 Å². The Morgan fingerprint density at radius 1 is 1.21 bits per heavy atom. The lowest BCUT2D eigenvalue weighted by Crippen LogP contribution is -2.16. The topological polar surface area (TPSA) is 63.6 Å². The van der Waals surface area contributed by atoms with Crippen LogP contribution in [0, 0.1) is 0 Å². The fourth-order valence-electron chi connectivity index (χ4n) is 1.91. The third-order valence-corrected chi connectivity index (χ3v) is 2.89. The van der Waals surface area contributed by atoms with Gasteiger partial charge in [-0.2, -0.15) is 0 Å². The van der Waals surface area contributed by atoms with Crippen LogP contribution in [0.2, 0.25) is 0 Å². The van der Waals surface area contributed by atoms with E-state index in [1.807, 2.05) is 13.0 Å². The number of aliphatic carboxylic acids is 1. The molecule has 4 nitrogen and oxygen atoms in total. The van der Waals surface area contributed by atoms with E-state index in [0.29, 0.717) is 12.0 Å². The van der Waals surface area contributed by atoms with Crippen molar-refractivity contribution < 1.29 is 19.4 Å². The van der Waals surface area contributed by atoms with Crippen molar-refractivity contribution >= 4 is 12.4 Å². The molecule has 0 fully saturated rings.